The summed E-state index contributed by atoms with van der Waals surface area (Å²) in [4.78, 5) is 13.6. The van der Waals surface area contributed by atoms with E-state index in [2.05, 4.69) is 4.90 Å². The average molecular weight is 263 g/mol. The van der Waals surface area contributed by atoms with Crippen LogP contribution in [0.3, 0.4) is 0 Å². The van der Waals surface area contributed by atoms with Crippen LogP contribution in [0.2, 0.25) is 0 Å². The Hall–Kier alpha value is -1.39. The minimum atomic E-state index is -0.926. The van der Waals surface area contributed by atoms with Crippen molar-refractivity contribution in [1.82, 2.24) is 4.90 Å². The zero-order chi connectivity index (χ0) is 13.5. The van der Waals surface area contributed by atoms with E-state index in [-0.39, 0.29) is 0 Å². The third-order valence-corrected chi connectivity index (χ3v) is 3.47. The van der Waals surface area contributed by atoms with Crippen molar-refractivity contribution in [3.05, 3.63) is 35.9 Å². The summed E-state index contributed by atoms with van der Waals surface area (Å²) >= 11 is 0. The number of rotatable bonds is 6. The Morgan fingerprint density at radius 1 is 1.21 bits per heavy atom. The maximum atomic E-state index is 11.2. The summed E-state index contributed by atoms with van der Waals surface area (Å²) in [6.07, 6.45) is 2.92. The largest absolute Gasteiger partial charge is 0.479 e. The molecule has 19 heavy (non-hydrogen) atoms. The molecule has 2 rings (SSSR count). The summed E-state index contributed by atoms with van der Waals surface area (Å²) in [5.74, 6) is -0.926. The molecule has 1 aromatic carbocycles. The zero-order valence-electron chi connectivity index (χ0n) is 11.1. The Morgan fingerprint density at radius 3 is 2.53 bits per heavy atom. The minimum absolute atomic E-state index is 0.464. The second-order valence-corrected chi connectivity index (χ2v) is 4.90. The van der Waals surface area contributed by atoms with Crippen LogP contribution < -0.4 is 0 Å². The van der Waals surface area contributed by atoms with E-state index in [1.165, 1.54) is 19.3 Å². The van der Waals surface area contributed by atoms with Gasteiger partial charge in [0, 0.05) is 6.54 Å². The second-order valence-electron chi connectivity index (χ2n) is 4.90. The molecule has 4 heteroatoms. The van der Waals surface area contributed by atoms with Gasteiger partial charge < -0.3 is 14.7 Å². The van der Waals surface area contributed by atoms with Crippen LogP contribution in [-0.4, -0.2) is 42.2 Å². The predicted octanol–water partition coefficient (Wildman–Crippen LogP) is 2.31. The molecule has 0 amide bonds. The number of likely N-dealkylation sites (tertiary alicyclic amines) is 1. The quantitative estimate of drug-likeness (QED) is 0.855. The van der Waals surface area contributed by atoms with Gasteiger partial charge in [-0.2, -0.15) is 0 Å². The van der Waals surface area contributed by atoms with Gasteiger partial charge in [-0.05, 0) is 31.5 Å². The highest BCUT2D eigenvalue weighted by molar-refractivity contribution is 5.74. The summed E-state index contributed by atoms with van der Waals surface area (Å²) < 4.78 is 5.55. The highest BCUT2D eigenvalue weighted by atomic mass is 16.5. The standard InChI is InChI=1S/C15H21NO3/c17-15(18)14(13-7-3-1-4-8-13)19-12-11-16-9-5-2-6-10-16/h1,3-4,7-8,14H,2,5-6,9-12H2,(H,17,18). The van der Waals surface area contributed by atoms with E-state index in [0.29, 0.717) is 12.2 Å². The number of nitrogens with zero attached hydrogens (tertiary/aromatic N) is 1. The van der Waals surface area contributed by atoms with Crippen molar-refractivity contribution >= 4 is 5.97 Å². The molecule has 0 bridgehead atoms. The van der Waals surface area contributed by atoms with E-state index in [1.807, 2.05) is 18.2 Å². The average Bonchev–Trinajstić information content (AvgIpc) is 2.45. The van der Waals surface area contributed by atoms with Gasteiger partial charge >= 0.3 is 5.97 Å². The predicted molar refractivity (Wildman–Crippen MR) is 73.1 cm³/mol. The third kappa shape index (κ3) is 4.33. The number of hydrogen-bond acceptors (Lipinski definition) is 3. The van der Waals surface area contributed by atoms with E-state index in [4.69, 9.17) is 4.74 Å². The Morgan fingerprint density at radius 2 is 1.89 bits per heavy atom. The molecule has 0 radical (unpaired) electrons. The van der Waals surface area contributed by atoms with Gasteiger partial charge in [0.15, 0.2) is 6.10 Å². The van der Waals surface area contributed by atoms with Crippen LogP contribution in [0.1, 0.15) is 30.9 Å². The first kappa shape index (κ1) is 14.0. The van der Waals surface area contributed by atoms with Gasteiger partial charge in [0.25, 0.3) is 0 Å². The molecule has 1 N–H and O–H groups in total. The van der Waals surface area contributed by atoms with Crippen LogP contribution in [0.4, 0.5) is 0 Å². The lowest BCUT2D eigenvalue weighted by Crippen LogP contribution is -2.33. The van der Waals surface area contributed by atoms with Gasteiger partial charge in [-0.3, -0.25) is 0 Å². The third-order valence-electron chi connectivity index (χ3n) is 3.47. The fourth-order valence-corrected chi connectivity index (χ4v) is 2.42. The summed E-state index contributed by atoms with van der Waals surface area (Å²) in [6.45, 7) is 3.49. The number of hydrogen-bond donors (Lipinski definition) is 1. The van der Waals surface area contributed by atoms with Crippen molar-refractivity contribution in [2.75, 3.05) is 26.2 Å². The molecule has 1 aliphatic rings. The molecule has 1 saturated heterocycles. The molecule has 1 fully saturated rings. The van der Waals surface area contributed by atoms with Gasteiger partial charge in [0.2, 0.25) is 0 Å². The van der Waals surface area contributed by atoms with Gasteiger partial charge in [0.05, 0.1) is 6.61 Å². The van der Waals surface area contributed by atoms with E-state index in [0.717, 1.165) is 19.6 Å². The van der Waals surface area contributed by atoms with Gasteiger partial charge in [-0.25, -0.2) is 4.79 Å². The first-order valence-electron chi connectivity index (χ1n) is 6.89. The molecular weight excluding hydrogens is 242 g/mol. The van der Waals surface area contributed by atoms with Crippen LogP contribution >= 0.6 is 0 Å². The number of aliphatic carboxylic acids is 1. The van der Waals surface area contributed by atoms with Gasteiger partial charge in [0.1, 0.15) is 0 Å². The van der Waals surface area contributed by atoms with Crippen LogP contribution in [0.5, 0.6) is 0 Å². The second kappa shape index (κ2) is 7.26. The maximum Gasteiger partial charge on any atom is 0.337 e. The van der Waals surface area contributed by atoms with Gasteiger partial charge in [-0.1, -0.05) is 36.8 Å². The lowest BCUT2D eigenvalue weighted by Gasteiger charge is -2.26. The zero-order valence-corrected chi connectivity index (χ0v) is 11.1. The molecule has 0 saturated carbocycles. The lowest BCUT2D eigenvalue weighted by molar-refractivity contribution is -0.151. The highest BCUT2D eigenvalue weighted by Crippen LogP contribution is 2.17. The SMILES string of the molecule is O=C(O)C(OCCN1CCCCC1)c1ccccc1. The van der Waals surface area contributed by atoms with Crippen molar-refractivity contribution in [2.24, 2.45) is 0 Å². The molecule has 0 aliphatic carbocycles. The first-order valence-corrected chi connectivity index (χ1v) is 6.89. The summed E-state index contributed by atoms with van der Waals surface area (Å²) in [5.41, 5.74) is 0.702. The van der Waals surface area contributed by atoms with Crippen molar-refractivity contribution in [2.45, 2.75) is 25.4 Å². The van der Waals surface area contributed by atoms with Crippen molar-refractivity contribution < 1.29 is 14.6 Å². The van der Waals surface area contributed by atoms with Gasteiger partial charge in [-0.15, -0.1) is 0 Å². The summed E-state index contributed by atoms with van der Waals surface area (Å²) in [5, 5.41) is 9.23. The molecule has 1 atom stereocenters. The molecule has 0 aromatic heterocycles. The number of benzene rings is 1. The Kier molecular flexibility index (Phi) is 5.36. The van der Waals surface area contributed by atoms with Crippen LogP contribution in [0, 0.1) is 0 Å². The van der Waals surface area contributed by atoms with E-state index in [1.54, 1.807) is 12.1 Å². The van der Waals surface area contributed by atoms with Crippen LogP contribution in [0.25, 0.3) is 0 Å². The number of piperidine rings is 1. The Bertz CT molecular complexity index is 388. The number of ether oxygens (including phenoxy) is 1. The molecule has 0 spiro atoms. The van der Waals surface area contributed by atoms with Crippen molar-refractivity contribution in [3.63, 3.8) is 0 Å². The summed E-state index contributed by atoms with van der Waals surface area (Å²) in [7, 11) is 0. The lowest BCUT2D eigenvalue weighted by atomic mass is 10.1. The molecule has 1 aliphatic heterocycles. The minimum Gasteiger partial charge on any atom is -0.479 e. The number of carbonyl (C=O) groups is 1. The molecule has 4 nitrogen and oxygen atoms in total. The van der Waals surface area contributed by atoms with Crippen molar-refractivity contribution in [1.29, 1.82) is 0 Å². The first-order chi connectivity index (χ1) is 9.27. The number of carboxylic acid groups (broad SMARTS) is 1. The van der Waals surface area contributed by atoms with Crippen LogP contribution in [0.15, 0.2) is 30.3 Å². The normalized spacial score (nSPS) is 18.1. The highest BCUT2D eigenvalue weighted by Gasteiger charge is 2.20. The fraction of sp³-hybridized carbons (Fsp3) is 0.533. The van der Waals surface area contributed by atoms with Crippen LogP contribution in [-0.2, 0) is 9.53 Å². The molecular formula is C15H21NO3. The molecule has 104 valence electrons. The molecule has 1 aromatic rings. The topological polar surface area (TPSA) is 49.8 Å². The molecule has 1 heterocycles. The van der Waals surface area contributed by atoms with Crippen molar-refractivity contribution in [3.8, 4) is 0 Å². The fourth-order valence-electron chi connectivity index (χ4n) is 2.42. The number of carboxylic acids is 1. The van der Waals surface area contributed by atoms with E-state index < -0.39 is 12.1 Å². The Labute approximate surface area is 114 Å². The molecule has 1 unspecified atom stereocenters. The van der Waals surface area contributed by atoms with E-state index >= 15 is 0 Å². The monoisotopic (exact) mass is 263 g/mol. The summed E-state index contributed by atoms with van der Waals surface area (Å²) in [6, 6.07) is 9.12. The smallest absolute Gasteiger partial charge is 0.337 e. The van der Waals surface area contributed by atoms with E-state index in [9.17, 15) is 9.90 Å². The Balaban J connectivity index is 1.82. The maximum absolute atomic E-state index is 11.2.